The maximum atomic E-state index is 12.1. The Morgan fingerprint density at radius 2 is 1.75 bits per heavy atom. The summed E-state index contributed by atoms with van der Waals surface area (Å²) in [5, 5.41) is 0. The van der Waals surface area contributed by atoms with E-state index < -0.39 is 0 Å². The predicted molar refractivity (Wildman–Crippen MR) is 66.2 cm³/mol. The van der Waals surface area contributed by atoms with Gasteiger partial charge in [0.1, 0.15) is 11.6 Å². The molecule has 16 heavy (non-hydrogen) atoms. The van der Waals surface area contributed by atoms with E-state index in [1.807, 2.05) is 20.8 Å². The second-order valence-corrected chi connectivity index (χ2v) is 5.50. The predicted octanol–water partition coefficient (Wildman–Crippen LogP) is 2.33. The summed E-state index contributed by atoms with van der Waals surface area (Å²) < 4.78 is 0. The molecule has 0 spiro atoms. The van der Waals surface area contributed by atoms with E-state index in [4.69, 9.17) is 5.73 Å². The lowest BCUT2D eigenvalue weighted by Crippen LogP contribution is -2.29. The number of rotatable bonds is 7. The van der Waals surface area contributed by atoms with Gasteiger partial charge in [-0.15, -0.1) is 0 Å². The highest BCUT2D eigenvalue weighted by Gasteiger charge is 2.29. The van der Waals surface area contributed by atoms with Crippen LogP contribution in [-0.4, -0.2) is 18.1 Å². The lowest BCUT2D eigenvalue weighted by Gasteiger charge is -2.24. The second kappa shape index (κ2) is 6.79. The molecular weight excluding hydrogens is 202 g/mol. The van der Waals surface area contributed by atoms with Gasteiger partial charge in [-0.25, -0.2) is 0 Å². The number of Topliss-reactive ketones (excluding diaryl/α,β-unsaturated/α-hetero) is 2. The van der Waals surface area contributed by atoms with Crippen molar-refractivity contribution in [2.75, 3.05) is 6.54 Å². The molecule has 0 aliphatic carbocycles. The fourth-order valence-corrected chi connectivity index (χ4v) is 1.82. The van der Waals surface area contributed by atoms with Gasteiger partial charge in [0.25, 0.3) is 0 Å². The molecule has 0 aromatic heterocycles. The Labute approximate surface area is 98.8 Å². The number of hydrogen-bond donors (Lipinski definition) is 1. The number of ketones is 2. The SMILES string of the molecule is CC(=O)C[C@@H](CCCCN)C(=O)C(C)(C)C. The van der Waals surface area contributed by atoms with E-state index in [-0.39, 0.29) is 22.9 Å². The normalized spacial score (nSPS) is 13.6. The van der Waals surface area contributed by atoms with Crippen molar-refractivity contribution in [3.63, 3.8) is 0 Å². The quantitative estimate of drug-likeness (QED) is 0.679. The zero-order chi connectivity index (χ0) is 12.8. The van der Waals surface area contributed by atoms with Crippen molar-refractivity contribution in [3.05, 3.63) is 0 Å². The summed E-state index contributed by atoms with van der Waals surface area (Å²) >= 11 is 0. The number of nitrogens with two attached hydrogens (primary N) is 1. The van der Waals surface area contributed by atoms with Crippen molar-refractivity contribution in [1.82, 2.24) is 0 Å². The minimum absolute atomic E-state index is 0.0929. The van der Waals surface area contributed by atoms with Crippen LogP contribution in [0.15, 0.2) is 0 Å². The average molecular weight is 227 g/mol. The summed E-state index contributed by atoms with van der Waals surface area (Å²) in [6.07, 6.45) is 3.01. The Bertz CT molecular complexity index is 241. The summed E-state index contributed by atoms with van der Waals surface area (Å²) in [5.74, 6) is 0.166. The van der Waals surface area contributed by atoms with Crippen LogP contribution in [0.4, 0.5) is 0 Å². The Hall–Kier alpha value is -0.700. The molecule has 0 radical (unpaired) electrons. The largest absolute Gasteiger partial charge is 0.330 e. The van der Waals surface area contributed by atoms with Crippen LogP contribution in [0.2, 0.25) is 0 Å². The molecule has 0 aliphatic rings. The summed E-state index contributed by atoms with van der Waals surface area (Å²) in [7, 11) is 0. The van der Waals surface area contributed by atoms with E-state index in [2.05, 4.69) is 0 Å². The third kappa shape index (κ3) is 6.01. The fraction of sp³-hybridized carbons (Fsp3) is 0.846. The smallest absolute Gasteiger partial charge is 0.141 e. The molecule has 0 fully saturated rings. The molecule has 0 unspecified atom stereocenters. The van der Waals surface area contributed by atoms with Crippen LogP contribution >= 0.6 is 0 Å². The van der Waals surface area contributed by atoms with Gasteiger partial charge in [0, 0.05) is 17.8 Å². The van der Waals surface area contributed by atoms with Crippen LogP contribution in [0.5, 0.6) is 0 Å². The van der Waals surface area contributed by atoms with Gasteiger partial charge in [-0.3, -0.25) is 4.79 Å². The minimum Gasteiger partial charge on any atom is -0.330 e. The Balaban J connectivity index is 4.42. The van der Waals surface area contributed by atoms with E-state index >= 15 is 0 Å². The molecule has 0 saturated carbocycles. The molecule has 0 heterocycles. The summed E-state index contributed by atoms with van der Waals surface area (Å²) in [6, 6.07) is 0. The number of unbranched alkanes of at least 4 members (excludes halogenated alkanes) is 1. The zero-order valence-electron chi connectivity index (χ0n) is 11.0. The summed E-state index contributed by atoms with van der Waals surface area (Å²) in [4.78, 5) is 23.3. The van der Waals surface area contributed by atoms with E-state index in [0.29, 0.717) is 13.0 Å². The summed E-state index contributed by atoms with van der Waals surface area (Å²) in [5.41, 5.74) is 5.07. The van der Waals surface area contributed by atoms with Crippen molar-refractivity contribution >= 4 is 11.6 Å². The molecule has 3 heteroatoms. The van der Waals surface area contributed by atoms with Gasteiger partial charge >= 0.3 is 0 Å². The van der Waals surface area contributed by atoms with Gasteiger partial charge < -0.3 is 10.5 Å². The molecule has 0 bridgehead atoms. The van der Waals surface area contributed by atoms with Crippen molar-refractivity contribution in [1.29, 1.82) is 0 Å². The first-order valence-electron chi connectivity index (χ1n) is 6.03. The highest BCUT2D eigenvalue weighted by Crippen LogP contribution is 2.26. The standard InChI is InChI=1S/C13H25NO2/c1-10(15)9-11(7-5-6-8-14)12(16)13(2,3)4/h11H,5-9,14H2,1-4H3/t11-/m1/s1. The van der Waals surface area contributed by atoms with Crippen LogP contribution in [0.3, 0.4) is 0 Å². The van der Waals surface area contributed by atoms with E-state index in [0.717, 1.165) is 19.3 Å². The third-order valence-electron chi connectivity index (χ3n) is 2.65. The summed E-state index contributed by atoms with van der Waals surface area (Å²) in [6.45, 7) is 7.92. The second-order valence-electron chi connectivity index (χ2n) is 5.50. The first kappa shape index (κ1) is 15.3. The van der Waals surface area contributed by atoms with Gasteiger partial charge in [-0.05, 0) is 26.3 Å². The highest BCUT2D eigenvalue weighted by atomic mass is 16.1. The number of carbonyl (C=O) groups excluding carboxylic acids is 2. The van der Waals surface area contributed by atoms with E-state index in [1.165, 1.54) is 0 Å². The number of hydrogen-bond acceptors (Lipinski definition) is 3. The van der Waals surface area contributed by atoms with Gasteiger partial charge in [0.15, 0.2) is 0 Å². The van der Waals surface area contributed by atoms with Crippen molar-refractivity contribution in [2.45, 2.75) is 53.4 Å². The topological polar surface area (TPSA) is 60.2 Å². The third-order valence-corrected chi connectivity index (χ3v) is 2.65. The molecule has 0 aromatic rings. The Morgan fingerprint density at radius 3 is 2.12 bits per heavy atom. The Morgan fingerprint density at radius 1 is 1.19 bits per heavy atom. The van der Waals surface area contributed by atoms with Crippen LogP contribution in [0.25, 0.3) is 0 Å². The monoisotopic (exact) mass is 227 g/mol. The molecule has 0 amide bonds. The van der Waals surface area contributed by atoms with Crippen molar-refractivity contribution < 1.29 is 9.59 Å². The van der Waals surface area contributed by atoms with Crippen LogP contribution in [-0.2, 0) is 9.59 Å². The highest BCUT2D eigenvalue weighted by molar-refractivity contribution is 5.90. The first-order valence-corrected chi connectivity index (χ1v) is 6.03. The Kier molecular flexibility index (Phi) is 6.49. The lowest BCUT2D eigenvalue weighted by molar-refractivity contribution is -0.133. The molecule has 0 rings (SSSR count). The van der Waals surface area contributed by atoms with E-state index in [1.54, 1.807) is 6.92 Å². The average Bonchev–Trinajstić information content (AvgIpc) is 2.13. The minimum atomic E-state index is -0.358. The van der Waals surface area contributed by atoms with Gasteiger partial charge in [-0.2, -0.15) is 0 Å². The van der Waals surface area contributed by atoms with Gasteiger partial charge in [-0.1, -0.05) is 27.2 Å². The van der Waals surface area contributed by atoms with E-state index in [9.17, 15) is 9.59 Å². The molecule has 1 atom stereocenters. The van der Waals surface area contributed by atoms with Crippen molar-refractivity contribution in [2.24, 2.45) is 17.1 Å². The zero-order valence-corrected chi connectivity index (χ0v) is 11.0. The van der Waals surface area contributed by atoms with Crippen LogP contribution in [0, 0.1) is 11.3 Å². The van der Waals surface area contributed by atoms with Gasteiger partial charge in [0.05, 0.1) is 0 Å². The van der Waals surface area contributed by atoms with Crippen LogP contribution in [0.1, 0.15) is 53.4 Å². The molecule has 3 nitrogen and oxygen atoms in total. The van der Waals surface area contributed by atoms with Crippen molar-refractivity contribution in [3.8, 4) is 0 Å². The maximum Gasteiger partial charge on any atom is 0.141 e. The van der Waals surface area contributed by atoms with Gasteiger partial charge in [0.2, 0.25) is 0 Å². The maximum absolute atomic E-state index is 12.1. The molecule has 0 saturated heterocycles. The fourth-order valence-electron chi connectivity index (χ4n) is 1.82. The molecule has 0 aromatic carbocycles. The molecule has 94 valence electrons. The molecular formula is C13H25NO2. The number of carbonyl (C=O) groups is 2. The molecule has 2 N–H and O–H groups in total. The first-order chi connectivity index (χ1) is 7.29. The lowest BCUT2D eigenvalue weighted by atomic mass is 9.79. The van der Waals surface area contributed by atoms with Crippen LogP contribution < -0.4 is 5.73 Å². The molecule has 0 aliphatic heterocycles.